The minimum Gasteiger partial charge on any atom is -0.457 e. The van der Waals surface area contributed by atoms with E-state index in [4.69, 9.17) is 4.42 Å². The van der Waals surface area contributed by atoms with Gasteiger partial charge in [0, 0.05) is 12.6 Å². The van der Waals surface area contributed by atoms with Crippen LogP contribution in [0.2, 0.25) is 0 Å². The Balaban J connectivity index is 1.79. The second-order valence-corrected chi connectivity index (χ2v) is 4.84. The lowest BCUT2D eigenvalue weighted by molar-refractivity contribution is 0.0944. The molecule has 0 bridgehead atoms. The second-order valence-electron chi connectivity index (χ2n) is 4.06. The largest absolute Gasteiger partial charge is 0.457 e. The molecule has 0 aromatic carbocycles. The van der Waals surface area contributed by atoms with Crippen LogP contribution in [0.1, 0.15) is 23.2 Å². The van der Waals surface area contributed by atoms with Gasteiger partial charge in [0.25, 0.3) is 5.91 Å². The zero-order valence-electron chi connectivity index (χ0n) is 8.96. The van der Waals surface area contributed by atoms with E-state index in [0.29, 0.717) is 16.2 Å². The summed E-state index contributed by atoms with van der Waals surface area (Å²) in [6, 6.07) is 1.68. The average Bonchev–Trinajstić information content (AvgIpc) is 2.74. The van der Waals surface area contributed by atoms with Crippen LogP contribution in [-0.4, -0.2) is 25.5 Å². The lowest BCUT2D eigenvalue weighted by Gasteiger charge is -2.22. The Morgan fingerprint density at radius 1 is 1.69 bits per heavy atom. The van der Waals surface area contributed by atoms with Crippen LogP contribution in [-0.2, 0) is 0 Å². The molecular weight excluding hydrogens is 272 g/mol. The van der Waals surface area contributed by atoms with Gasteiger partial charge in [0.2, 0.25) is 0 Å². The fourth-order valence-electron chi connectivity index (χ4n) is 1.87. The number of carbonyl (C=O) groups excluding carboxylic acids is 1. The Morgan fingerprint density at radius 3 is 3.19 bits per heavy atom. The van der Waals surface area contributed by atoms with E-state index in [2.05, 4.69) is 26.6 Å². The Bertz CT molecular complexity index is 359. The summed E-state index contributed by atoms with van der Waals surface area (Å²) >= 11 is 3.17. The van der Waals surface area contributed by atoms with Gasteiger partial charge in [0.1, 0.15) is 6.26 Å². The molecule has 1 amide bonds. The van der Waals surface area contributed by atoms with E-state index < -0.39 is 0 Å². The van der Waals surface area contributed by atoms with Crippen molar-refractivity contribution in [2.75, 3.05) is 19.6 Å². The first kappa shape index (κ1) is 11.7. The molecule has 0 radical (unpaired) electrons. The predicted octanol–water partition coefficient (Wildman–Crippen LogP) is 1.77. The summed E-state index contributed by atoms with van der Waals surface area (Å²) in [6.07, 6.45) is 3.83. The van der Waals surface area contributed by atoms with Gasteiger partial charge in [-0.25, -0.2) is 0 Å². The van der Waals surface area contributed by atoms with Crippen molar-refractivity contribution in [1.82, 2.24) is 10.6 Å². The van der Waals surface area contributed by atoms with Crippen LogP contribution in [0.25, 0.3) is 0 Å². The van der Waals surface area contributed by atoms with Crippen molar-refractivity contribution in [2.45, 2.75) is 12.8 Å². The van der Waals surface area contributed by atoms with Crippen LogP contribution in [0.3, 0.4) is 0 Å². The summed E-state index contributed by atoms with van der Waals surface area (Å²) in [7, 11) is 0. The van der Waals surface area contributed by atoms with E-state index in [1.54, 1.807) is 6.07 Å². The van der Waals surface area contributed by atoms with Crippen LogP contribution in [0.15, 0.2) is 21.4 Å². The Kier molecular flexibility index (Phi) is 4.01. The smallest absolute Gasteiger partial charge is 0.254 e. The van der Waals surface area contributed by atoms with E-state index in [9.17, 15) is 4.79 Å². The molecular formula is C11H15BrN2O2. The molecule has 2 rings (SSSR count). The van der Waals surface area contributed by atoms with Gasteiger partial charge in [-0.1, -0.05) is 0 Å². The molecule has 0 saturated carbocycles. The van der Waals surface area contributed by atoms with Crippen molar-refractivity contribution < 1.29 is 9.21 Å². The van der Waals surface area contributed by atoms with Gasteiger partial charge in [-0.05, 0) is 47.8 Å². The van der Waals surface area contributed by atoms with Gasteiger partial charge in [-0.2, -0.15) is 0 Å². The molecule has 1 aromatic heterocycles. The van der Waals surface area contributed by atoms with Crippen molar-refractivity contribution in [3.8, 4) is 0 Å². The molecule has 1 saturated heterocycles. The van der Waals surface area contributed by atoms with Gasteiger partial charge in [-0.3, -0.25) is 4.79 Å². The Hall–Kier alpha value is -0.810. The molecule has 88 valence electrons. The maximum absolute atomic E-state index is 11.7. The van der Waals surface area contributed by atoms with E-state index in [-0.39, 0.29) is 5.91 Å². The first-order chi connectivity index (χ1) is 7.75. The van der Waals surface area contributed by atoms with Gasteiger partial charge < -0.3 is 15.1 Å². The number of hydrogen-bond acceptors (Lipinski definition) is 3. The fourth-order valence-corrected chi connectivity index (χ4v) is 2.21. The summed E-state index contributed by atoms with van der Waals surface area (Å²) in [5.41, 5.74) is 0.565. The van der Waals surface area contributed by atoms with Gasteiger partial charge in [0.15, 0.2) is 4.67 Å². The third-order valence-corrected chi connectivity index (χ3v) is 3.20. The molecule has 1 aliphatic rings. The quantitative estimate of drug-likeness (QED) is 0.891. The maximum atomic E-state index is 11.7. The topological polar surface area (TPSA) is 54.3 Å². The maximum Gasteiger partial charge on any atom is 0.254 e. The van der Waals surface area contributed by atoms with E-state index >= 15 is 0 Å². The monoisotopic (exact) mass is 286 g/mol. The SMILES string of the molecule is O=C(NCC1CCCNC1)c1coc(Br)c1. The van der Waals surface area contributed by atoms with Crippen molar-refractivity contribution in [3.05, 3.63) is 22.6 Å². The molecule has 1 fully saturated rings. The predicted molar refractivity (Wildman–Crippen MR) is 64.3 cm³/mol. The molecule has 2 heterocycles. The van der Waals surface area contributed by atoms with Crippen LogP contribution in [0.4, 0.5) is 0 Å². The zero-order valence-corrected chi connectivity index (χ0v) is 10.5. The van der Waals surface area contributed by atoms with Crippen molar-refractivity contribution in [2.24, 2.45) is 5.92 Å². The second kappa shape index (κ2) is 5.50. The molecule has 5 heteroatoms. The highest BCUT2D eigenvalue weighted by atomic mass is 79.9. The first-order valence-corrected chi connectivity index (χ1v) is 6.28. The van der Waals surface area contributed by atoms with E-state index in [1.165, 1.54) is 19.1 Å². The molecule has 1 atom stereocenters. The molecule has 0 spiro atoms. The fraction of sp³-hybridized carbons (Fsp3) is 0.545. The summed E-state index contributed by atoms with van der Waals surface area (Å²) in [6.45, 7) is 2.82. The number of hydrogen-bond donors (Lipinski definition) is 2. The van der Waals surface area contributed by atoms with Crippen LogP contribution < -0.4 is 10.6 Å². The zero-order chi connectivity index (χ0) is 11.4. The average molecular weight is 287 g/mol. The van der Waals surface area contributed by atoms with Crippen LogP contribution in [0.5, 0.6) is 0 Å². The molecule has 4 nitrogen and oxygen atoms in total. The number of carbonyl (C=O) groups is 1. The van der Waals surface area contributed by atoms with Gasteiger partial charge in [-0.15, -0.1) is 0 Å². The van der Waals surface area contributed by atoms with Crippen LogP contribution in [0, 0.1) is 5.92 Å². The lowest BCUT2D eigenvalue weighted by atomic mass is 10.00. The molecule has 1 aliphatic heterocycles. The molecule has 2 N–H and O–H groups in total. The lowest BCUT2D eigenvalue weighted by Crippen LogP contribution is -2.38. The normalized spacial score (nSPS) is 20.7. The number of halogens is 1. The highest BCUT2D eigenvalue weighted by Crippen LogP contribution is 2.14. The molecule has 1 unspecified atom stereocenters. The van der Waals surface area contributed by atoms with Crippen molar-refractivity contribution in [1.29, 1.82) is 0 Å². The standard InChI is InChI=1S/C11H15BrN2O2/c12-10-4-9(7-16-10)11(15)14-6-8-2-1-3-13-5-8/h4,7-8,13H,1-3,5-6H2,(H,14,15). The molecule has 1 aromatic rings. The highest BCUT2D eigenvalue weighted by molar-refractivity contribution is 9.10. The number of nitrogens with one attached hydrogen (secondary N) is 2. The number of furan rings is 1. The number of amides is 1. The van der Waals surface area contributed by atoms with Crippen molar-refractivity contribution >= 4 is 21.8 Å². The minimum absolute atomic E-state index is 0.0694. The van der Waals surface area contributed by atoms with E-state index in [1.807, 2.05) is 0 Å². The first-order valence-electron chi connectivity index (χ1n) is 5.48. The summed E-state index contributed by atoms with van der Waals surface area (Å²) in [5, 5.41) is 6.25. The van der Waals surface area contributed by atoms with Gasteiger partial charge >= 0.3 is 0 Å². The Labute approximate surface area is 103 Å². The van der Waals surface area contributed by atoms with Crippen LogP contribution >= 0.6 is 15.9 Å². The Morgan fingerprint density at radius 2 is 2.56 bits per heavy atom. The molecule has 0 aliphatic carbocycles. The molecule has 16 heavy (non-hydrogen) atoms. The minimum atomic E-state index is -0.0694. The van der Waals surface area contributed by atoms with E-state index in [0.717, 1.165) is 19.6 Å². The van der Waals surface area contributed by atoms with Crippen molar-refractivity contribution in [3.63, 3.8) is 0 Å². The third-order valence-electron chi connectivity index (χ3n) is 2.78. The number of piperidine rings is 1. The summed E-state index contributed by atoms with van der Waals surface area (Å²) < 4.78 is 5.60. The number of rotatable bonds is 3. The van der Waals surface area contributed by atoms with Gasteiger partial charge in [0.05, 0.1) is 5.56 Å². The summed E-state index contributed by atoms with van der Waals surface area (Å²) in [4.78, 5) is 11.7. The summed E-state index contributed by atoms with van der Waals surface area (Å²) in [5.74, 6) is 0.480. The highest BCUT2D eigenvalue weighted by Gasteiger charge is 2.15. The third kappa shape index (κ3) is 3.09.